The molecule has 0 bridgehead atoms. The summed E-state index contributed by atoms with van der Waals surface area (Å²) in [6, 6.07) is 8.05. The lowest BCUT2D eigenvalue weighted by atomic mass is 9.83. The van der Waals surface area contributed by atoms with Crippen LogP contribution in [0.5, 0.6) is 0 Å². The van der Waals surface area contributed by atoms with Crippen molar-refractivity contribution >= 4 is 22.6 Å². The highest BCUT2D eigenvalue weighted by atomic mass is 35.5. The Bertz CT molecular complexity index is 1330. The molecule has 0 atom stereocenters. The van der Waals surface area contributed by atoms with Crippen LogP contribution in [0.15, 0.2) is 49.2 Å². The Morgan fingerprint density at radius 2 is 1.94 bits per heavy atom. The molecule has 0 amide bonds. The van der Waals surface area contributed by atoms with Crippen LogP contribution in [0.3, 0.4) is 0 Å². The Morgan fingerprint density at radius 3 is 2.68 bits per heavy atom. The summed E-state index contributed by atoms with van der Waals surface area (Å²) >= 11 is 6.27. The largest absolute Gasteiger partial charge is 0.344 e. The number of nitrogens with zero attached hydrogens (tertiary/aromatic N) is 6. The zero-order valence-corrected chi connectivity index (χ0v) is 20.0. The minimum Gasteiger partial charge on any atom is -0.344 e. The maximum absolute atomic E-state index is 9.68. The van der Waals surface area contributed by atoms with E-state index in [-0.39, 0.29) is 5.82 Å². The highest BCUT2D eigenvalue weighted by molar-refractivity contribution is 6.30. The van der Waals surface area contributed by atoms with E-state index in [9.17, 15) is 5.26 Å². The molecule has 1 aliphatic carbocycles. The molecule has 0 saturated heterocycles. The molecule has 7 heteroatoms. The normalized spacial score (nSPS) is 18.1. The maximum atomic E-state index is 9.68. The first-order valence-corrected chi connectivity index (χ1v) is 12.3. The van der Waals surface area contributed by atoms with Gasteiger partial charge in [-0.15, -0.1) is 0 Å². The molecule has 4 heterocycles. The number of nitriles is 1. The van der Waals surface area contributed by atoms with Crippen LogP contribution in [-0.2, 0) is 19.4 Å². The molecule has 34 heavy (non-hydrogen) atoms. The van der Waals surface area contributed by atoms with Gasteiger partial charge in [-0.2, -0.15) is 5.26 Å². The van der Waals surface area contributed by atoms with Crippen molar-refractivity contribution in [3.05, 3.63) is 71.2 Å². The highest BCUT2D eigenvalue weighted by Crippen LogP contribution is 2.34. The molecule has 172 valence electrons. The van der Waals surface area contributed by atoms with Crippen LogP contribution < -0.4 is 0 Å². The van der Waals surface area contributed by atoms with Gasteiger partial charge in [0.25, 0.3) is 0 Å². The van der Waals surface area contributed by atoms with Crippen molar-refractivity contribution in [3.8, 4) is 17.3 Å². The van der Waals surface area contributed by atoms with Crippen molar-refractivity contribution in [2.24, 2.45) is 11.8 Å². The fourth-order valence-electron chi connectivity index (χ4n) is 5.00. The van der Waals surface area contributed by atoms with Crippen molar-refractivity contribution in [1.82, 2.24) is 24.5 Å². The first kappa shape index (κ1) is 22.5. The van der Waals surface area contributed by atoms with Crippen LogP contribution >= 0.6 is 11.6 Å². The van der Waals surface area contributed by atoms with E-state index in [0.717, 1.165) is 47.5 Å². The first-order valence-electron chi connectivity index (χ1n) is 11.9. The second-order valence-electron chi connectivity index (χ2n) is 9.39. The zero-order chi connectivity index (χ0) is 23.5. The van der Waals surface area contributed by atoms with Gasteiger partial charge >= 0.3 is 0 Å². The number of halogens is 1. The average Bonchev–Trinajstić information content (AvgIpc) is 3.21. The number of fused-ring (bicyclic) bond motifs is 1. The van der Waals surface area contributed by atoms with Crippen molar-refractivity contribution in [3.63, 3.8) is 0 Å². The first-order chi connectivity index (χ1) is 16.6. The van der Waals surface area contributed by atoms with E-state index in [1.54, 1.807) is 18.6 Å². The van der Waals surface area contributed by atoms with E-state index < -0.39 is 0 Å². The molecule has 1 saturated carbocycles. The lowest BCUT2D eigenvalue weighted by Crippen LogP contribution is -2.17. The van der Waals surface area contributed by atoms with Crippen molar-refractivity contribution in [1.29, 1.82) is 5.26 Å². The lowest BCUT2D eigenvalue weighted by molar-refractivity contribution is 0.267. The quantitative estimate of drug-likeness (QED) is 0.344. The van der Waals surface area contributed by atoms with Gasteiger partial charge in [-0.3, -0.25) is 9.97 Å². The maximum Gasteiger partial charge on any atom is 0.233 e. The molecule has 6 nitrogen and oxygen atoms in total. The summed E-state index contributed by atoms with van der Waals surface area (Å²) in [7, 11) is 0. The third kappa shape index (κ3) is 4.80. The van der Waals surface area contributed by atoms with Crippen LogP contribution in [0.2, 0.25) is 5.02 Å². The van der Waals surface area contributed by atoms with Gasteiger partial charge in [-0.05, 0) is 60.8 Å². The molecule has 0 spiro atoms. The van der Waals surface area contributed by atoms with E-state index in [1.807, 2.05) is 18.3 Å². The topological polar surface area (TPSA) is 80.3 Å². The van der Waals surface area contributed by atoms with Crippen molar-refractivity contribution in [2.75, 3.05) is 0 Å². The van der Waals surface area contributed by atoms with Crippen molar-refractivity contribution in [2.45, 2.75) is 52.0 Å². The molecule has 0 aliphatic heterocycles. The Morgan fingerprint density at radius 1 is 1.09 bits per heavy atom. The molecule has 5 rings (SSSR count). The van der Waals surface area contributed by atoms with E-state index in [4.69, 9.17) is 11.6 Å². The smallest absolute Gasteiger partial charge is 0.233 e. The van der Waals surface area contributed by atoms with Crippen LogP contribution in [0, 0.1) is 23.2 Å². The lowest BCUT2D eigenvalue weighted by Gasteiger charge is -2.26. The second-order valence-corrected chi connectivity index (χ2v) is 9.83. The molecule has 1 aliphatic rings. The molecular formula is C27H27ClN6. The van der Waals surface area contributed by atoms with E-state index in [0.29, 0.717) is 16.6 Å². The SMILES string of the molecule is C[C@H]1CC[C@H](Cn2cc(CCc3cccnc3)c3nc(C#N)nc(-c4cncc(Cl)c4)c32)CC1. The highest BCUT2D eigenvalue weighted by Gasteiger charge is 2.23. The zero-order valence-electron chi connectivity index (χ0n) is 19.3. The minimum atomic E-state index is 0.161. The molecule has 0 radical (unpaired) electrons. The summed E-state index contributed by atoms with van der Waals surface area (Å²) in [5.74, 6) is 1.59. The third-order valence-corrected chi connectivity index (χ3v) is 7.07. The van der Waals surface area contributed by atoms with Crippen LogP contribution in [-0.4, -0.2) is 24.5 Å². The molecule has 4 aromatic heterocycles. The van der Waals surface area contributed by atoms with Gasteiger partial charge in [-0.25, -0.2) is 9.97 Å². The number of hydrogen-bond acceptors (Lipinski definition) is 5. The van der Waals surface area contributed by atoms with Crippen LogP contribution in [0.4, 0.5) is 0 Å². The summed E-state index contributed by atoms with van der Waals surface area (Å²) in [6.07, 6.45) is 16.0. The Hall–Kier alpha value is -3.30. The van der Waals surface area contributed by atoms with E-state index >= 15 is 0 Å². The summed E-state index contributed by atoms with van der Waals surface area (Å²) in [5, 5.41) is 10.2. The van der Waals surface area contributed by atoms with Gasteiger partial charge in [0.1, 0.15) is 11.8 Å². The fourth-order valence-corrected chi connectivity index (χ4v) is 5.17. The Kier molecular flexibility index (Phi) is 6.55. The molecule has 4 aromatic rings. The number of rotatable bonds is 6. The number of aryl methyl sites for hydroxylation is 2. The van der Waals surface area contributed by atoms with E-state index in [2.05, 4.69) is 49.8 Å². The molecular weight excluding hydrogens is 444 g/mol. The Balaban J connectivity index is 1.61. The minimum absolute atomic E-state index is 0.161. The average molecular weight is 471 g/mol. The fraction of sp³-hybridized carbons (Fsp3) is 0.370. The van der Waals surface area contributed by atoms with Gasteiger partial charge in [0, 0.05) is 43.1 Å². The Labute approximate surface area is 204 Å². The number of aromatic nitrogens is 5. The van der Waals surface area contributed by atoms with E-state index in [1.165, 1.54) is 31.2 Å². The standard InChI is InChI=1S/C27H27ClN6/c1-18-4-6-20(7-5-18)16-34-17-21(9-8-19-3-2-10-30-13-19)25-27(34)26(33-24(12-29)32-25)22-11-23(28)15-31-14-22/h2-3,10-11,13-15,17-18,20H,4-9,16H2,1H3/t18-,20-. The van der Waals surface area contributed by atoms with Crippen LogP contribution in [0.25, 0.3) is 22.3 Å². The second kappa shape index (κ2) is 9.90. The van der Waals surface area contributed by atoms with Gasteiger partial charge in [-0.1, -0.05) is 37.4 Å². The third-order valence-electron chi connectivity index (χ3n) is 6.86. The van der Waals surface area contributed by atoms with Gasteiger partial charge in [0.15, 0.2) is 0 Å². The molecule has 1 fully saturated rings. The number of hydrogen-bond donors (Lipinski definition) is 0. The van der Waals surface area contributed by atoms with Gasteiger partial charge in [0.2, 0.25) is 5.82 Å². The molecule has 0 aromatic carbocycles. The summed E-state index contributed by atoms with van der Waals surface area (Å²) in [6.45, 7) is 3.27. The number of pyridine rings is 2. The molecule has 0 N–H and O–H groups in total. The van der Waals surface area contributed by atoms with Gasteiger partial charge < -0.3 is 4.57 Å². The predicted molar refractivity (Wildman–Crippen MR) is 133 cm³/mol. The summed E-state index contributed by atoms with van der Waals surface area (Å²) < 4.78 is 2.31. The monoisotopic (exact) mass is 470 g/mol. The molecule has 0 unspecified atom stereocenters. The van der Waals surface area contributed by atoms with Crippen LogP contribution in [0.1, 0.15) is 49.6 Å². The summed E-state index contributed by atoms with van der Waals surface area (Å²) in [5.41, 5.74) is 5.62. The predicted octanol–water partition coefficient (Wildman–Crippen LogP) is 6.02. The van der Waals surface area contributed by atoms with Crippen molar-refractivity contribution < 1.29 is 0 Å². The summed E-state index contributed by atoms with van der Waals surface area (Å²) in [4.78, 5) is 17.8. The van der Waals surface area contributed by atoms with Gasteiger partial charge in [0.05, 0.1) is 16.1 Å².